The van der Waals surface area contributed by atoms with E-state index in [2.05, 4.69) is 29.8 Å². The molecule has 0 fully saturated rings. The molecule has 1 aliphatic rings. The first-order valence-electron chi connectivity index (χ1n) is 31.2. The van der Waals surface area contributed by atoms with Gasteiger partial charge in [-0.05, 0) is 36.6 Å². The SMILES string of the molecule is CCCCCCCCCCCCCCCCCC(=O)OC[C@H](COP(=O)(O)OCCNC(=O)OCCOCCNC(=O)c1ccc(/C=C/NC(=O)CCN2C(=O)C=CC2=O)cc1)OC(=O)CCCCCCCCCCCCCCCCC. The summed E-state index contributed by atoms with van der Waals surface area (Å²) in [5.41, 5.74) is 1.11. The number of hydrogen-bond acceptors (Lipinski definition) is 14. The minimum absolute atomic E-state index is 0.0212. The van der Waals surface area contributed by atoms with Gasteiger partial charge in [-0.3, -0.25) is 42.7 Å². The maximum atomic E-state index is 12.9. The van der Waals surface area contributed by atoms with Crippen LogP contribution in [0, 0.1) is 0 Å². The number of nitrogens with one attached hydrogen (secondary N) is 3. The van der Waals surface area contributed by atoms with E-state index in [9.17, 15) is 43.0 Å². The molecule has 0 radical (unpaired) electrons. The highest BCUT2D eigenvalue weighted by molar-refractivity contribution is 7.47. The number of phosphoric ester groups is 1. The van der Waals surface area contributed by atoms with E-state index in [1.807, 2.05) is 0 Å². The van der Waals surface area contributed by atoms with E-state index in [1.165, 1.54) is 147 Å². The molecular formula is C62H103N4O15P. The van der Waals surface area contributed by atoms with Crippen LogP contribution in [0.5, 0.6) is 0 Å². The van der Waals surface area contributed by atoms with Gasteiger partial charge in [0.05, 0.1) is 26.4 Å². The van der Waals surface area contributed by atoms with E-state index >= 15 is 0 Å². The van der Waals surface area contributed by atoms with Gasteiger partial charge in [-0.15, -0.1) is 0 Å². The Labute approximate surface area is 490 Å². The molecular weight excluding hydrogens is 1070 g/mol. The van der Waals surface area contributed by atoms with Gasteiger partial charge >= 0.3 is 25.9 Å². The topological polar surface area (TPSA) is 251 Å². The summed E-state index contributed by atoms with van der Waals surface area (Å²) in [6.45, 7) is 3.18. The lowest BCUT2D eigenvalue weighted by molar-refractivity contribution is -0.161. The fourth-order valence-electron chi connectivity index (χ4n) is 9.03. The van der Waals surface area contributed by atoms with Gasteiger partial charge in [0.2, 0.25) is 5.91 Å². The lowest BCUT2D eigenvalue weighted by Gasteiger charge is -2.20. The van der Waals surface area contributed by atoms with Crippen LogP contribution >= 0.6 is 7.82 Å². The summed E-state index contributed by atoms with van der Waals surface area (Å²) in [4.78, 5) is 97.0. The van der Waals surface area contributed by atoms with Gasteiger partial charge in [-0.1, -0.05) is 206 Å². The Balaban J connectivity index is 1.63. The van der Waals surface area contributed by atoms with E-state index in [4.69, 9.17) is 28.0 Å². The number of imide groups is 1. The number of hydrogen-bond donors (Lipinski definition) is 4. The van der Waals surface area contributed by atoms with Crippen LogP contribution in [-0.4, -0.2) is 117 Å². The van der Waals surface area contributed by atoms with Gasteiger partial charge in [-0.25, -0.2) is 9.36 Å². The molecule has 2 rings (SSSR count). The molecule has 82 heavy (non-hydrogen) atoms. The van der Waals surface area contributed by atoms with Crippen LogP contribution in [-0.2, 0) is 56.5 Å². The van der Waals surface area contributed by atoms with Crippen LogP contribution < -0.4 is 16.0 Å². The van der Waals surface area contributed by atoms with Crippen molar-refractivity contribution in [2.75, 3.05) is 59.3 Å². The van der Waals surface area contributed by atoms with E-state index in [0.29, 0.717) is 24.0 Å². The number of unbranched alkanes of at least 4 members (excludes halogenated alkanes) is 28. The molecule has 466 valence electrons. The summed E-state index contributed by atoms with van der Waals surface area (Å²) >= 11 is 0. The fourth-order valence-corrected chi connectivity index (χ4v) is 9.78. The van der Waals surface area contributed by atoms with Gasteiger partial charge in [0, 0.05) is 62.8 Å². The zero-order valence-electron chi connectivity index (χ0n) is 50.0. The number of alkyl carbamates (subject to hydrolysis) is 1. The predicted octanol–water partition coefficient (Wildman–Crippen LogP) is 12.7. The highest BCUT2D eigenvalue weighted by atomic mass is 31.2. The molecule has 0 aromatic heterocycles. The first-order chi connectivity index (χ1) is 39.8. The summed E-state index contributed by atoms with van der Waals surface area (Å²) < 4.78 is 44.5. The highest BCUT2D eigenvalue weighted by Gasteiger charge is 2.27. The molecule has 1 unspecified atom stereocenters. The van der Waals surface area contributed by atoms with Crippen molar-refractivity contribution in [1.29, 1.82) is 0 Å². The zero-order chi connectivity index (χ0) is 59.6. The third kappa shape index (κ3) is 41.1. The molecule has 5 amide bonds. The van der Waals surface area contributed by atoms with Crippen LogP contribution in [0.1, 0.15) is 242 Å². The summed E-state index contributed by atoms with van der Waals surface area (Å²) in [6, 6.07) is 6.60. The van der Waals surface area contributed by atoms with Gasteiger partial charge in [0.15, 0.2) is 6.10 Å². The van der Waals surface area contributed by atoms with Crippen LogP contribution in [0.25, 0.3) is 6.08 Å². The molecule has 1 aromatic carbocycles. The van der Waals surface area contributed by atoms with Crippen LogP contribution in [0.15, 0.2) is 42.6 Å². The number of nitrogens with zero attached hydrogens (tertiary/aromatic N) is 1. The van der Waals surface area contributed by atoms with Crippen molar-refractivity contribution in [3.63, 3.8) is 0 Å². The molecule has 2 atom stereocenters. The zero-order valence-corrected chi connectivity index (χ0v) is 50.8. The van der Waals surface area contributed by atoms with Crippen LogP contribution in [0.2, 0.25) is 0 Å². The largest absolute Gasteiger partial charge is 0.472 e. The molecule has 1 aromatic rings. The van der Waals surface area contributed by atoms with Crippen molar-refractivity contribution < 1.29 is 71.0 Å². The Bertz CT molecular complexity index is 2000. The molecule has 0 spiro atoms. The Morgan fingerprint density at radius 1 is 0.549 bits per heavy atom. The van der Waals surface area contributed by atoms with Crippen LogP contribution in [0.3, 0.4) is 0 Å². The number of benzene rings is 1. The van der Waals surface area contributed by atoms with E-state index < -0.39 is 57.0 Å². The fraction of sp³-hybridized carbons (Fsp3) is 0.726. The number of carbonyl (C=O) groups is 7. The van der Waals surface area contributed by atoms with Gasteiger partial charge < -0.3 is 39.8 Å². The van der Waals surface area contributed by atoms with E-state index in [-0.39, 0.29) is 77.1 Å². The van der Waals surface area contributed by atoms with Crippen molar-refractivity contribution >= 4 is 55.6 Å². The molecule has 1 aliphatic heterocycles. The molecule has 0 bridgehead atoms. The maximum absolute atomic E-state index is 12.9. The predicted molar refractivity (Wildman–Crippen MR) is 318 cm³/mol. The Morgan fingerprint density at radius 2 is 1.02 bits per heavy atom. The molecule has 0 saturated heterocycles. The first kappa shape index (κ1) is 73.2. The number of amides is 5. The number of ether oxygens (including phenoxy) is 4. The van der Waals surface area contributed by atoms with Gasteiger partial charge in [-0.2, -0.15) is 0 Å². The van der Waals surface area contributed by atoms with Crippen molar-refractivity contribution in [1.82, 2.24) is 20.9 Å². The van der Waals surface area contributed by atoms with E-state index in [1.54, 1.807) is 30.3 Å². The number of phosphoric acid groups is 1. The third-order valence-corrected chi connectivity index (χ3v) is 14.9. The van der Waals surface area contributed by atoms with Gasteiger partial charge in [0.25, 0.3) is 17.7 Å². The van der Waals surface area contributed by atoms with Crippen molar-refractivity contribution in [3.05, 3.63) is 53.7 Å². The minimum atomic E-state index is -4.68. The molecule has 0 aliphatic carbocycles. The standard InChI is InChI=1S/C62H103N4O15P/c1-3-5-7-9-11-13-15-17-19-21-23-25-27-29-31-33-59(70)78-51-55(81-60(71)34-32-30-28-26-24-22-20-18-16-14-12-10-8-6-4-2)52-80-82(74,75)79-48-45-65-62(73)77-50-49-76-47-44-64-61(72)54-37-35-53(36-38-54)41-43-63-56(67)42-46-66-57(68)39-40-58(66)69/h35-41,43,55H,3-34,42,44-52H2,1-2H3,(H,63,67)(H,64,72)(H,65,73)(H,74,75)/b43-41+/t55-/m1/s1. The quantitative estimate of drug-likeness (QED) is 0.0156. The second-order valence-corrected chi connectivity index (χ2v) is 22.6. The third-order valence-electron chi connectivity index (χ3n) is 13.9. The van der Waals surface area contributed by atoms with Crippen molar-refractivity contribution in [2.45, 2.75) is 232 Å². The summed E-state index contributed by atoms with van der Waals surface area (Å²) in [5, 5.41) is 7.69. The average Bonchev–Trinajstić information content (AvgIpc) is 3.91. The van der Waals surface area contributed by atoms with Crippen molar-refractivity contribution in [2.24, 2.45) is 0 Å². The second-order valence-electron chi connectivity index (χ2n) is 21.2. The summed E-state index contributed by atoms with van der Waals surface area (Å²) in [5.74, 6) is -2.57. The van der Waals surface area contributed by atoms with Crippen LogP contribution in [0.4, 0.5) is 4.79 Å². The minimum Gasteiger partial charge on any atom is -0.462 e. The number of carbonyl (C=O) groups excluding carboxylic acids is 7. The summed E-state index contributed by atoms with van der Waals surface area (Å²) in [7, 11) is -4.68. The molecule has 4 N–H and O–H groups in total. The maximum Gasteiger partial charge on any atom is 0.472 e. The van der Waals surface area contributed by atoms with Crippen molar-refractivity contribution in [3.8, 4) is 0 Å². The number of rotatable bonds is 54. The first-order valence-corrected chi connectivity index (χ1v) is 32.7. The monoisotopic (exact) mass is 1170 g/mol. The number of esters is 2. The molecule has 20 heteroatoms. The molecule has 19 nitrogen and oxygen atoms in total. The molecule has 0 saturated carbocycles. The van der Waals surface area contributed by atoms with Gasteiger partial charge in [0.1, 0.15) is 13.2 Å². The Hall–Kier alpha value is -4.94. The molecule has 1 heterocycles. The average molecular weight is 1180 g/mol. The lowest BCUT2D eigenvalue weighted by atomic mass is 10.0. The van der Waals surface area contributed by atoms with E-state index in [0.717, 1.165) is 55.6 Å². The second kappa shape index (κ2) is 49.5. The smallest absolute Gasteiger partial charge is 0.462 e. The highest BCUT2D eigenvalue weighted by Crippen LogP contribution is 2.43. The normalized spacial score (nSPS) is 13.3. The Morgan fingerprint density at radius 3 is 1.54 bits per heavy atom. The lowest BCUT2D eigenvalue weighted by Crippen LogP contribution is -2.33. The Kier molecular flexibility index (Phi) is 44.1. The summed E-state index contributed by atoms with van der Waals surface area (Å²) in [6.07, 6.45) is 39.9.